The highest BCUT2D eigenvalue weighted by Crippen LogP contribution is 2.45. The highest BCUT2D eigenvalue weighted by atomic mass is 19.4. The summed E-state index contributed by atoms with van der Waals surface area (Å²) in [6.07, 6.45) is 6.27. The SMILES string of the molecule is C=N.CC1CC(C)(CN(C)C=N)C1.CN=C/C(CN(C)C/C=C/C(=O)NC1CCCN(Cc2cc(C=O)c(CN(C)c3ccccc3)c(C(F)(F)F)c2)C1)=N\N. The number of nitrogens with zero attached hydrogens (tertiary/aromatic N) is 6. The molecule has 1 unspecified atom stereocenters. The van der Waals surface area contributed by atoms with Gasteiger partial charge in [-0.25, -0.2) is 0 Å². The van der Waals surface area contributed by atoms with Crippen molar-refractivity contribution in [3.63, 3.8) is 0 Å². The largest absolute Gasteiger partial charge is 0.416 e. The van der Waals surface area contributed by atoms with Gasteiger partial charge in [0.15, 0.2) is 0 Å². The van der Waals surface area contributed by atoms with Crippen molar-refractivity contribution in [2.75, 3.05) is 65.8 Å². The van der Waals surface area contributed by atoms with E-state index in [-0.39, 0.29) is 36.2 Å². The number of anilines is 1. The van der Waals surface area contributed by atoms with Crippen LogP contribution in [0.3, 0.4) is 0 Å². The maximum Gasteiger partial charge on any atom is 0.416 e. The Morgan fingerprint density at radius 2 is 1.84 bits per heavy atom. The van der Waals surface area contributed by atoms with E-state index in [4.69, 9.17) is 16.7 Å². The molecule has 0 radical (unpaired) electrons. The summed E-state index contributed by atoms with van der Waals surface area (Å²) < 4.78 is 42.7. The smallest absolute Gasteiger partial charge is 0.370 e. The number of hydrogen-bond donors (Lipinski definition) is 4. The molecule has 1 heterocycles. The molecule has 1 aliphatic carbocycles. The monoisotopic (exact) mass is 782 g/mol. The van der Waals surface area contributed by atoms with Crippen LogP contribution in [-0.2, 0) is 24.1 Å². The molecule has 2 aliphatic rings. The Bertz CT molecular complexity index is 1630. The number of piperidine rings is 1. The summed E-state index contributed by atoms with van der Waals surface area (Å²) in [7, 11) is 7.17. The molecule has 5 N–H and O–H groups in total. The molecule has 0 aromatic heterocycles. The van der Waals surface area contributed by atoms with Crippen molar-refractivity contribution >= 4 is 42.9 Å². The molecule has 0 spiro atoms. The van der Waals surface area contributed by atoms with Crippen molar-refractivity contribution in [2.24, 2.45) is 27.3 Å². The molecule has 12 nitrogen and oxygen atoms in total. The lowest BCUT2D eigenvalue weighted by atomic mass is 9.64. The van der Waals surface area contributed by atoms with Crippen LogP contribution in [0.4, 0.5) is 18.9 Å². The van der Waals surface area contributed by atoms with Crippen LogP contribution in [0.15, 0.2) is 64.7 Å². The van der Waals surface area contributed by atoms with E-state index in [1.54, 1.807) is 49.5 Å². The van der Waals surface area contributed by atoms with Crippen molar-refractivity contribution in [3.05, 3.63) is 76.9 Å². The number of alkyl halides is 3. The van der Waals surface area contributed by atoms with Gasteiger partial charge in [0.05, 0.1) is 17.6 Å². The maximum absolute atomic E-state index is 14.2. The maximum atomic E-state index is 14.2. The topological polar surface area (TPSA) is 158 Å². The molecule has 4 rings (SSSR count). The van der Waals surface area contributed by atoms with Gasteiger partial charge in [0.1, 0.15) is 6.29 Å². The third kappa shape index (κ3) is 15.7. The predicted octanol–water partition coefficient (Wildman–Crippen LogP) is 5.97. The van der Waals surface area contributed by atoms with Crippen molar-refractivity contribution in [3.8, 4) is 0 Å². The molecule has 56 heavy (non-hydrogen) atoms. The van der Waals surface area contributed by atoms with Crippen LogP contribution in [0.2, 0.25) is 0 Å². The summed E-state index contributed by atoms with van der Waals surface area (Å²) in [6, 6.07) is 11.6. The summed E-state index contributed by atoms with van der Waals surface area (Å²) in [6.45, 7) is 10.5. The minimum Gasteiger partial charge on any atom is -0.370 e. The number of hydrazone groups is 1. The molecule has 1 atom stereocenters. The van der Waals surface area contributed by atoms with Crippen LogP contribution in [0.1, 0.15) is 66.6 Å². The van der Waals surface area contributed by atoms with E-state index in [0.29, 0.717) is 49.2 Å². The fourth-order valence-electron chi connectivity index (χ4n) is 7.56. The second kappa shape index (κ2) is 23.2. The van der Waals surface area contributed by atoms with Gasteiger partial charge in [-0.15, -0.1) is 0 Å². The molecular formula is C41H61F3N10O2. The quantitative estimate of drug-likeness (QED) is 0.0409. The van der Waals surface area contributed by atoms with Gasteiger partial charge in [-0.1, -0.05) is 38.1 Å². The molecule has 0 bridgehead atoms. The number of para-hydroxylation sites is 1. The lowest BCUT2D eigenvalue weighted by molar-refractivity contribution is -0.138. The van der Waals surface area contributed by atoms with E-state index < -0.39 is 11.7 Å². The molecule has 1 aliphatic heterocycles. The van der Waals surface area contributed by atoms with Crippen LogP contribution in [0, 0.1) is 22.2 Å². The number of halogens is 3. The van der Waals surface area contributed by atoms with Crippen LogP contribution >= 0.6 is 0 Å². The molecule has 1 amide bonds. The molecule has 2 aromatic rings. The number of carbonyl (C=O) groups excluding carboxylic acids is 2. The first kappa shape index (κ1) is 47.3. The Morgan fingerprint density at radius 1 is 1.16 bits per heavy atom. The zero-order chi connectivity index (χ0) is 41.9. The van der Waals surface area contributed by atoms with Crippen LogP contribution in [-0.4, -0.2) is 119 Å². The summed E-state index contributed by atoms with van der Waals surface area (Å²) in [5, 5.41) is 19.2. The Kier molecular flexibility index (Phi) is 19.6. The molecular weight excluding hydrogens is 722 g/mol. The zero-order valence-electron chi connectivity index (χ0n) is 33.8. The standard InChI is InChI=1S/C31H40F3N7O2.C9H18N2.CH3N/c1-36-17-26(38-35)19-39(2)13-8-12-30(43)37-25-9-7-14-41(20-25)18-23-15-24(22-42)28(29(16-23)31(32,33)34)21-40(3)27-10-5-4-6-11-27;1-8-4-9(2,5-8)6-11(3)7-10;1-2/h4-6,8,10-12,15-17,22,25H,7,9,13-14,18-21,35H2,1-3H3,(H,37,43);7-8,10H,4-6H2,1-3H3;2H,1H2/b12-8+,36-17?,38-26+;;. The number of aliphatic imine (C=N–C) groups is 1. The van der Waals surface area contributed by atoms with Crippen LogP contribution < -0.4 is 16.1 Å². The lowest BCUT2D eigenvalue weighted by Gasteiger charge is -2.45. The van der Waals surface area contributed by atoms with Gasteiger partial charge in [0.2, 0.25) is 5.91 Å². The van der Waals surface area contributed by atoms with Crippen molar-refractivity contribution < 1.29 is 22.8 Å². The number of nitrogens with one attached hydrogen (secondary N) is 3. The van der Waals surface area contributed by atoms with Gasteiger partial charge in [-0.05, 0) is 92.7 Å². The molecule has 1 saturated carbocycles. The number of benzene rings is 2. The van der Waals surface area contributed by atoms with E-state index in [1.165, 1.54) is 25.3 Å². The first-order valence-electron chi connectivity index (χ1n) is 18.7. The first-order chi connectivity index (χ1) is 26.6. The van der Waals surface area contributed by atoms with Crippen molar-refractivity contribution in [1.29, 1.82) is 10.8 Å². The van der Waals surface area contributed by atoms with Gasteiger partial charge in [-0.3, -0.25) is 29.8 Å². The van der Waals surface area contributed by atoms with Gasteiger partial charge in [0, 0.05) is 90.0 Å². The van der Waals surface area contributed by atoms with Crippen molar-refractivity contribution in [2.45, 2.75) is 64.8 Å². The van der Waals surface area contributed by atoms with Crippen LogP contribution in [0.5, 0.6) is 0 Å². The van der Waals surface area contributed by atoms with E-state index in [9.17, 15) is 22.8 Å². The normalized spacial score (nSPS) is 20.0. The second-order valence-corrected chi connectivity index (χ2v) is 15.1. The minimum atomic E-state index is -4.62. The highest BCUT2D eigenvalue weighted by molar-refractivity contribution is 6.31. The number of rotatable bonds is 16. The summed E-state index contributed by atoms with van der Waals surface area (Å²) in [5.74, 6) is 6.01. The third-order valence-corrected chi connectivity index (χ3v) is 9.72. The number of aldehydes is 1. The third-order valence-electron chi connectivity index (χ3n) is 9.72. The second-order valence-electron chi connectivity index (χ2n) is 15.1. The van der Waals surface area contributed by atoms with Crippen LogP contribution in [0.25, 0.3) is 0 Å². The van der Waals surface area contributed by atoms with Gasteiger partial charge >= 0.3 is 6.18 Å². The van der Waals surface area contributed by atoms with E-state index in [0.717, 1.165) is 37.1 Å². The Balaban J connectivity index is 0.000000708. The minimum absolute atomic E-state index is 0.0245. The van der Waals surface area contributed by atoms with E-state index in [2.05, 4.69) is 36.0 Å². The lowest BCUT2D eigenvalue weighted by Crippen LogP contribution is -2.47. The Morgan fingerprint density at radius 3 is 2.41 bits per heavy atom. The molecule has 2 aromatic carbocycles. The van der Waals surface area contributed by atoms with Crippen molar-refractivity contribution in [1.82, 2.24) is 20.0 Å². The summed E-state index contributed by atoms with van der Waals surface area (Å²) >= 11 is 0. The number of hydrogen-bond acceptors (Lipinski definition) is 10. The Hall–Kier alpha value is -4.89. The van der Waals surface area contributed by atoms with Gasteiger partial charge in [-0.2, -0.15) is 18.3 Å². The Labute approximate surface area is 330 Å². The summed E-state index contributed by atoms with van der Waals surface area (Å²) in [4.78, 5) is 36.0. The summed E-state index contributed by atoms with van der Waals surface area (Å²) in [5.41, 5.74) is 1.42. The number of carbonyl (C=O) groups is 2. The average Bonchev–Trinajstić information content (AvgIpc) is 3.15. The highest BCUT2D eigenvalue weighted by Gasteiger charge is 2.38. The first-order valence-corrected chi connectivity index (χ1v) is 18.7. The molecule has 2 fully saturated rings. The van der Waals surface area contributed by atoms with E-state index in [1.807, 2.05) is 47.0 Å². The molecule has 308 valence electrons. The molecule has 15 heteroatoms. The van der Waals surface area contributed by atoms with E-state index >= 15 is 0 Å². The average molecular weight is 783 g/mol. The number of likely N-dealkylation sites (tertiary alicyclic amines) is 1. The molecule has 1 saturated heterocycles. The fourth-order valence-corrected chi connectivity index (χ4v) is 7.56. The number of likely N-dealkylation sites (N-methyl/N-ethyl adjacent to an activating group) is 1. The van der Waals surface area contributed by atoms with Gasteiger partial charge < -0.3 is 26.4 Å². The zero-order valence-corrected chi connectivity index (χ0v) is 33.8. The fraction of sp³-hybridized carbons (Fsp3) is 0.512. The van der Waals surface area contributed by atoms with Gasteiger partial charge in [0.25, 0.3) is 0 Å². The number of amides is 1. The predicted molar refractivity (Wildman–Crippen MR) is 222 cm³/mol. The number of nitrogens with two attached hydrogens (primary N) is 1.